The van der Waals surface area contributed by atoms with Gasteiger partial charge in [-0.3, -0.25) is 0 Å². The fraction of sp³-hybridized carbons (Fsp3) is 0.0500. The quantitative estimate of drug-likeness (QED) is 0.517. The highest BCUT2D eigenvalue weighted by atomic mass is 19.1. The van der Waals surface area contributed by atoms with Gasteiger partial charge in [-0.05, 0) is 31.2 Å². The van der Waals surface area contributed by atoms with Gasteiger partial charge in [0.2, 0.25) is 5.95 Å². The minimum atomic E-state index is -0.294. The Morgan fingerprint density at radius 2 is 1.63 bits per heavy atom. The molecular weight excluding hydrogens is 345 g/mol. The van der Waals surface area contributed by atoms with Crippen molar-refractivity contribution in [1.82, 2.24) is 15.1 Å². The van der Waals surface area contributed by atoms with Gasteiger partial charge >= 0.3 is 0 Å². The van der Waals surface area contributed by atoms with Crippen LogP contribution < -0.4 is 10.6 Å². The van der Waals surface area contributed by atoms with Crippen molar-refractivity contribution in [3.8, 4) is 11.3 Å². The van der Waals surface area contributed by atoms with Crippen LogP contribution in [-0.2, 0) is 0 Å². The molecule has 0 unspecified atom stereocenters. The van der Waals surface area contributed by atoms with Crippen LogP contribution in [0.3, 0.4) is 0 Å². The third kappa shape index (κ3) is 4.09. The Hall–Kier alpha value is -3.74. The SMILES string of the molecule is Cc1cc(Nc2nc(Nc3ccc(F)cc3)cc(-c3ccccc3)n2)no1. The fourth-order valence-electron chi connectivity index (χ4n) is 2.54. The summed E-state index contributed by atoms with van der Waals surface area (Å²) in [4.78, 5) is 9.03. The van der Waals surface area contributed by atoms with Crippen molar-refractivity contribution >= 4 is 23.3 Å². The second-order valence-corrected chi connectivity index (χ2v) is 5.91. The van der Waals surface area contributed by atoms with E-state index in [1.54, 1.807) is 25.1 Å². The monoisotopic (exact) mass is 361 g/mol. The summed E-state index contributed by atoms with van der Waals surface area (Å²) < 4.78 is 18.2. The van der Waals surface area contributed by atoms with Gasteiger partial charge < -0.3 is 15.2 Å². The van der Waals surface area contributed by atoms with Gasteiger partial charge in [-0.1, -0.05) is 35.5 Å². The number of anilines is 4. The van der Waals surface area contributed by atoms with E-state index in [-0.39, 0.29) is 5.82 Å². The first-order valence-electron chi connectivity index (χ1n) is 8.33. The average molecular weight is 361 g/mol. The van der Waals surface area contributed by atoms with Crippen LogP contribution in [0.5, 0.6) is 0 Å². The first-order valence-corrected chi connectivity index (χ1v) is 8.33. The van der Waals surface area contributed by atoms with Gasteiger partial charge in [0.1, 0.15) is 17.4 Å². The Bertz CT molecular complexity index is 1050. The summed E-state index contributed by atoms with van der Waals surface area (Å²) in [6.07, 6.45) is 0. The van der Waals surface area contributed by atoms with Crippen LogP contribution in [0.15, 0.2) is 71.3 Å². The molecule has 0 saturated heterocycles. The van der Waals surface area contributed by atoms with E-state index in [0.29, 0.717) is 23.3 Å². The number of hydrogen-bond donors (Lipinski definition) is 2. The minimum absolute atomic E-state index is 0.294. The van der Waals surface area contributed by atoms with Gasteiger partial charge in [0, 0.05) is 23.4 Å². The highest BCUT2D eigenvalue weighted by Gasteiger charge is 2.09. The zero-order valence-electron chi connectivity index (χ0n) is 14.5. The zero-order chi connectivity index (χ0) is 18.6. The molecule has 0 amide bonds. The second kappa shape index (κ2) is 7.25. The number of halogens is 1. The predicted molar refractivity (Wildman–Crippen MR) is 102 cm³/mol. The van der Waals surface area contributed by atoms with Crippen molar-refractivity contribution in [1.29, 1.82) is 0 Å². The third-order valence-corrected chi connectivity index (χ3v) is 3.78. The van der Waals surface area contributed by atoms with Crippen LogP contribution in [-0.4, -0.2) is 15.1 Å². The molecule has 7 heteroatoms. The topological polar surface area (TPSA) is 75.9 Å². The number of aryl methyl sites for hydroxylation is 1. The Morgan fingerprint density at radius 1 is 0.852 bits per heavy atom. The molecule has 0 aliphatic rings. The van der Waals surface area contributed by atoms with Crippen LogP contribution in [0.2, 0.25) is 0 Å². The zero-order valence-corrected chi connectivity index (χ0v) is 14.5. The van der Waals surface area contributed by atoms with E-state index in [9.17, 15) is 4.39 Å². The third-order valence-electron chi connectivity index (χ3n) is 3.78. The van der Waals surface area contributed by atoms with Crippen LogP contribution in [0, 0.1) is 12.7 Å². The number of aromatic nitrogens is 3. The van der Waals surface area contributed by atoms with Crippen molar-refractivity contribution in [2.75, 3.05) is 10.6 Å². The first-order chi connectivity index (χ1) is 13.2. The highest BCUT2D eigenvalue weighted by molar-refractivity contribution is 5.68. The maximum atomic E-state index is 13.1. The van der Waals surface area contributed by atoms with Crippen LogP contribution in [0.25, 0.3) is 11.3 Å². The van der Waals surface area contributed by atoms with Gasteiger partial charge in [-0.2, -0.15) is 4.98 Å². The molecule has 2 N–H and O–H groups in total. The molecule has 4 rings (SSSR count). The van der Waals surface area contributed by atoms with Crippen molar-refractivity contribution in [3.05, 3.63) is 78.3 Å². The summed E-state index contributed by atoms with van der Waals surface area (Å²) in [5.41, 5.74) is 2.40. The lowest BCUT2D eigenvalue weighted by Crippen LogP contribution is -2.02. The van der Waals surface area contributed by atoms with E-state index >= 15 is 0 Å². The molecule has 0 aliphatic heterocycles. The number of nitrogens with one attached hydrogen (secondary N) is 2. The average Bonchev–Trinajstić information content (AvgIpc) is 3.09. The van der Waals surface area contributed by atoms with E-state index in [0.717, 1.165) is 16.9 Å². The summed E-state index contributed by atoms with van der Waals surface area (Å²) in [6, 6.07) is 19.4. The van der Waals surface area contributed by atoms with Crippen LogP contribution in [0.1, 0.15) is 5.76 Å². The molecular formula is C20H16FN5O. The number of nitrogens with zero attached hydrogens (tertiary/aromatic N) is 3. The predicted octanol–water partition coefficient (Wildman–Crippen LogP) is 5.07. The summed E-state index contributed by atoms with van der Waals surface area (Å²) in [5.74, 6) is 1.84. The Morgan fingerprint density at radius 3 is 2.33 bits per heavy atom. The molecule has 2 aromatic heterocycles. The van der Waals surface area contributed by atoms with Crippen LogP contribution >= 0.6 is 0 Å². The lowest BCUT2D eigenvalue weighted by Gasteiger charge is -2.10. The molecule has 0 fully saturated rings. The molecule has 27 heavy (non-hydrogen) atoms. The highest BCUT2D eigenvalue weighted by Crippen LogP contribution is 2.25. The maximum absolute atomic E-state index is 13.1. The maximum Gasteiger partial charge on any atom is 0.231 e. The second-order valence-electron chi connectivity index (χ2n) is 5.91. The molecule has 0 bridgehead atoms. The normalized spacial score (nSPS) is 10.6. The van der Waals surface area contributed by atoms with Crippen molar-refractivity contribution in [2.45, 2.75) is 6.92 Å². The van der Waals surface area contributed by atoms with Gasteiger partial charge in [0.25, 0.3) is 0 Å². The number of benzene rings is 2. The lowest BCUT2D eigenvalue weighted by atomic mass is 10.1. The minimum Gasteiger partial charge on any atom is -0.360 e. The summed E-state index contributed by atoms with van der Waals surface area (Å²) in [6.45, 7) is 1.81. The van der Waals surface area contributed by atoms with E-state index in [2.05, 4.69) is 25.8 Å². The molecule has 4 aromatic rings. The Balaban J connectivity index is 1.70. The largest absolute Gasteiger partial charge is 0.360 e. The Labute approximate surface area is 155 Å². The number of rotatable bonds is 5. The molecule has 134 valence electrons. The van der Waals surface area contributed by atoms with Crippen molar-refractivity contribution < 1.29 is 8.91 Å². The van der Waals surface area contributed by atoms with E-state index in [1.807, 2.05) is 36.4 Å². The number of hydrogen-bond acceptors (Lipinski definition) is 6. The van der Waals surface area contributed by atoms with Crippen molar-refractivity contribution in [2.24, 2.45) is 0 Å². The molecule has 0 atom stereocenters. The van der Waals surface area contributed by atoms with Gasteiger partial charge in [0.15, 0.2) is 5.82 Å². The molecule has 0 spiro atoms. The summed E-state index contributed by atoms with van der Waals surface area (Å²) in [5, 5.41) is 10.1. The Kier molecular flexibility index (Phi) is 4.49. The molecule has 2 heterocycles. The molecule has 6 nitrogen and oxygen atoms in total. The van der Waals surface area contributed by atoms with Gasteiger partial charge in [-0.25, -0.2) is 9.37 Å². The molecule has 0 radical (unpaired) electrons. The summed E-state index contributed by atoms with van der Waals surface area (Å²) in [7, 11) is 0. The molecule has 0 saturated carbocycles. The van der Waals surface area contributed by atoms with E-state index in [1.165, 1.54) is 12.1 Å². The standard InChI is InChI=1S/C20H16FN5O/c1-13-11-19(26-27-13)25-20-23-17(14-5-3-2-4-6-14)12-18(24-20)22-16-9-7-15(21)8-10-16/h2-12H,1H3,(H2,22,23,24,25,26). The molecule has 0 aliphatic carbocycles. The molecule has 2 aromatic carbocycles. The van der Waals surface area contributed by atoms with Crippen molar-refractivity contribution in [3.63, 3.8) is 0 Å². The van der Waals surface area contributed by atoms with E-state index in [4.69, 9.17) is 4.52 Å². The van der Waals surface area contributed by atoms with E-state index < -0.39 is 0 Å². The smallest absolute Gasteiger partial charge is 0.231 e. The fourth-order valence-corrected chi connectivity index (χ4v) is 2.54. The van der Waals surface area contributed by atoms with Gasteiger partial charge in [0.05, 0.1) is 5.69 Å². The lowest BCUT2D eigenvalue weighted by molar-refractivity contribution is 0.400. The summed E-state index contributed by atoms with van der Waals surface area (Å²) >= 11 is 0. The first kappa shape index (κ1) is 16.7. The van der Waals surface area contributed by atoms with Crippen LogP contribution in [0.4, 0.5) is 27.7 Å². The van der Waals surface area contributed by atoms with Gasteiger partial charge in [-0.15, -0.1) is 0 Å².